The molecule has 0 saturated heterocycles. The van der Waals surface area contributed by atoms with Crippen molar-refractivity contribution in [1.29, 1.82) is 0 Å². The molecule has 0 radical (unpaired) electrons. The maximum Gasteiger partial charge on any atom is 0.576 e. The monoisotopic (exact) mass is 366 g/mol. The summed E-state index contributed by atoms with van der Waals surface area (Å²) in [5, 5.41) is 0. The zero-order chi connectivity index (χ0) is 18.4. The van der Waals surface area contributed by atoms with Gasteiger partial charge in [0.25, 0.3) is 0 Å². The highest BCUT2D eigenvalue weighted by atomic mass is 19.3. The molecule has 0 atom stereocenters. The van der Waals surface area contributed by atoms with Crippen molar-refractivity contribution in [3.8, 4) is 23.0 Å². The lowest BCUT2D eigenvalue weighted by molar-refractivity contribution is -0.0507. The fourth-order valence-electron chi connectivity index (χ4n) is 1.71. The Bertz CT molecular complexity index is 656. The summed E-state index contributed by atoms with van der Waals surface area (Å²) in [6, 6.07) is 5.49. The Morgan fingerprint density at radius 3 is 1.40 bits per heavy atom. The van der Waals surface area contributed by atoms with Gasteiger partial charge in [-0.15, -0.1) is 0 Å². The topological polar surface area (TPSA) is 36.9 Å². The minimum Gasteiger partial charge on any atom is -0.526 e. The molecule has 2 aromatic rings. The molecule has 0 unspecified atom stereocenters. The largest absolute Gasteiger partial charge is 0.576 e. The fraction of sp³-hybridized carbons (Fsp3) is 0.143. The van der Waals surface area contributed by atoms with Crippen molar-refractivity contribution in [1.82, 2.24) is 0 Å². The molecule has 25 heavy (non-hydrogen) atoms. The van der Waals surface area contributed by atoms with E-state index in [9.17, 15) is 26.3 Å². The van der Waals surface area contributed by atoms with Crippen molar-refractivity contribution < 1.29 is 45.1 Å². The van der Waals surface area contributed by atoms with Gasteiger partial charge in [-0.1, -0.05) is 0 Å². The molecule has 11 heteroatoms. The van der Waals surface area contributed by atoms with Crippen LogP contribution >= 0.6 is 0 Å². The zero-order valence-corrected chi connectivity index (χ0v) is 12.2. The summed E-state index contributed by atoms with van der Waals surface area (Å²) in [6.45, 7) is -6.20. The first kappa shape index (κ1) is 18.6. The Balaban J connectivity index is 1.92. The molecule has 2 rings (SSSR count). The lowest BCUT2D eigenvalue weighted by Gasteiger charge is -2.11. The summed E-state index contributed by atoms with van der Waals surface area (Å²) in [4.78, 5) is 0. The number of ether oxygens (including phenoxy) is 2. The van der Waals surface area contributed by atoms with Crippen LogP contribution in [0, 0.1) is 11.6 Å². The van der Waals surface area contributed by atoms with Gasteiger partial charge in [-0.2, -0.15) is 17.6 Å². The van der Waals surface area contributed by atoms with E-state index in [1.54, 1.807) is 0 Å². The second-order valence-corrected chi connectivity index (χ2v) is 4.35. The van der Waals surface area contributed by atoms with Crippen LogP contribution in [0.2, 0.25) is 0 Å². The molecular weight excluding hydrogens is 357 g/mol. The smallest absolute Gasteiger partial charge is 0.526 e. The van der Waals surface area contributed by atoms with Gasteiger partial charge in [0.05, 0.1) is 0 Å². The number of alkyl halides is 4. The second-order valence-electron chi connectivity index (χ2n) is 4.35. The Labute approximate surface area is 138 Å². The summed E-state index contributed by atoms with van der Waals surface area (Å²) in [7, 11) is -0.627. The van der Waals surface area contributed by atoms with E-state index in [2.05, 4.69) is 9.47 Å². The molecule has 2 aromatic carbocycles. The fourth-order valence-corrected chi connectivity index (χ4v) is 1.71. The minimum atomic E-state index is -3.10. The highest BCUT2D eigenvalue weighted by Crippen LogP contribution is 2.25. The third-order valence-corrected chi connectivity index (χ3v) is 2.69. The number of rotatable bonds is 8. The number of benzene rings is 2. The highest BCUT2D eigenvalue weighted by Gasteiger charge is 2.13. The minimum absolute atomic E-state index is 0.348. The van der Waals surface area contributed by atoms with Crippen LogP contribution in [-0.4, -0.2) is 20.9 Å². The molecule has 0 N–H and O–H groups in total. The van der Waals surface area contributed by atoms with Gasteiger partial charge in [-0.05, 0) is 24.3 Å². The molecule has 134 valence electrons. The van der Waals surface area contributed by atoms with Crippen LogP contribution < -0.4 is 18.8 Å². The van der Waals surface area contributed by atoms with Crippen LogP contribution in [0.5, 0.6) is 23.0 Å². The van der Waals surface area contributed by atoms with Crippen LogP contribution in [0.3, 0.4) is 0 Å². The summed E-state index contributed by atoms with van der Waals surface area (Å²) >= 11 is 0. The maximum atomic E-state index is 13.6. The second kappa shape index (κ2) is 8.40. The lowest BCUT2D eigenvalue weighted by atomic mass is 10.2. The molecule has 0 amide bonds. The van der Waals surface area contributed by atoms with E-state index < -0.39 is 44.0 Å². The van der Waals surface area contributed by atoms with Gasteiger partial charge < -0.3 is 18.8 Å². The molecule has 0 saturated carbocycles. The Morgan fingerprint density at radius 1 is 0.680 bits per heavy atom. The number of hydrogen-bond acceptors (Lipinski definition) is 4. The quantitative estimate of drug-likeness (QED) is 0.525. The summed E-state index contributed by atoms with van der Waals surface area (Å²) < 4.78 is 93.0. The van der Waals surface area contributed by atoms with Gasteiger partial charge in [0, 0.05) is 12.1 Å². The molecule has 0 aliphatic heterocycles. The molecule has 0 aliphatic carbocycles. The highest BCUT2D eigenvalue weighted by molar-refractivity contribution is 6.20. The van der Waals surface area contributed by atoms with Gasteiger partial charge >= 0.3 is 20.9 Å². The SMILES string of the molecule is Fc1cc(OC(F)F)ccc1OBOc1ccc(OC(F)F)cc1F. The Kier molecular flexibility index (Phi) is 6.26. The first-order valence-corrected chi connectivity index (χ1v) is 6.59. The van der Waals surface area contributed by atoms with Crippen LogP contribution in [0.25, 0.3) is 0 Å². The third-order valence-electron chi connectivity index (χ3n) is 2.69. The molecule has 0 heterocycles. The van der Waals surface area contributed by atoms with Crippen LogP contribution in [-0.2, 0) is 0 Å². The van der Waals surface area contributed by atoms with Gasteiger partial charge in [0.15, 0.2) is 11.6 Å². The van der Waals surface area contributed by atoms with E-state index in [1.165, 1.54) is 0 Å². The van der Waals surface area contributed by atoms with E-state index in [0.717, 1.165) is 24.3 Å². The summed E-state index contributed by atoms with van der Waals surface area (Å²) in [5.74, 6) is -3.49. The molecule has 0 spiro atoms. The van der Waals surface area contributed by atoms with Crippen LogP contribution in [0.4, 0.5) is 26.3 Å². The van der Waals surface area contributed by atoms with Crippen molar-refractivity contribution in [2.24, 2.45) is 0 Å². The van der Waals surface area contributed by atoms with E-state index in [1.807, 2.05) is 0 Å². The molecular formula is C14H9BF6O4. The Morgan fingerprint density at radius 2 is 1.08 bits per heavy atom. The number of hydrogen-bond donors (Lipinski definition) is 0. The number of halogens is 6. The van der Waals surface area contributed by atoms with E-state index >= 15 is 0 Å². The predicted octanol–water partition coefficient (Wildman–Crippen LogP) is 3.89. The molecule has 0 aromatic heterocycles. The van der Waals surface area contributed by atoms with Crippen LogP contribution in [0.15, 0.2) is 36.4 Å². The first-order chi connectivity index (χ1) is 11.8. The van der Waals surface area contributed by atoms with Gasteiger partial charge in [-0.3, -0.25) is 0 Å². The average molecular weight is 366 g/mol. The molecule has 0 fully saturated rings. The zero-order valence-electron chi connectivity index (χ0n) is 12.2. The average Bonchev–Trinajstić information content (AvgIpc) is 2.50. The Hall–Kier alpha value is -2.72. The van der Waals surface area contributed by atoms with Gasteiger partial charge in [-0.25, -0.2) is 8.78 Å². The van der Waals surface area contributed by atoms with Crippen molar-refractivity contribution in [2.45, 2.75) is 13.2 Å². The summed E-state index contributed by atoms with van der Waals surface area (Å²) in [5.41, 5.74) is 0. The molecule has 0 aliphatic rings. The van der Waals surface area contributed by atoms with Crippen molar-refractivity contribution in [3.63, 3.8) is 0 Å². The molecule has 0 bridgehead atoms. The standard InChI is InChI=1S/C14H9BF6O4/c16-9-5-7(22-13(18)19)1-3-11(9)24-15-25-12-4-2-8(6-10(12)17)23-14(20)21/h1-6,13-15H. The van der Waals surface area contributed by atoms with Crippen LogP contribution in [0.1, 0.15) is 0 Å². The van der Waals surface area contributed by atoms with E-state index in [4.69, 9.17) is 9.31 Å². The lowest BCUT2D eigenvalue weighted by Crippen LogP contribution is -2.13. The predicted molar refractivity (Wildman–Crippen MR) is 74.5 cm³/mol. The van der Waals surface area contributed by atoms with Crippen molar-refractivity contribution in [2.75, 3.05) is 0 Å². The molecule has 4 nitrogen and oxygen atoms in total. The van der Waals surface area contributed by atoms with Gasteiger partial charge in [0.1, 0.15) is 23.0 Å². The normalized spacial score (nSPS) is 10.7. The summed E-state index contributed by atoms with van der Waals surface area (Å²) in [6.07, 6.45) is 0. The van der Waals surface area contributed by atoms with E-state index in [0.29, 0.717) is 12.1 Å². The van der Waals surface area contributed by atoms with Gasteiger partial charge in [0.2, 0.25) is 0 Å². The van der Waals surface area contributed by atoms with E-state index in [-0.39, 0.29) is 11.5 Å². The third kappa shape index (κ3) is 5.69. The van der Waals surface area contributed by atoms with Crippen molar-refractivity contribution >= 4 is 7.69 Å². The van der Waals surface area contributed by atoms with Crippen molar-refractivity contribution in [3.05, 3.63) is 48.0 Å². The first-order valence-electron chi connectivity index (χ1n) is 6.59. The maximum absolute atomic E-state index is 13.6.